The van der Waals surface area contributed by atoms with E-state index in [9.17, 15) is 9.18 Å². The molecule has 1 aromatic carbocycles. The lowest BCUT2D eigenvalue weighted by molar-refractivity contribution is 0.210. The minimum Gasteiger partial charge on any atom is -0.410 e. The van der Waals surface area contributed by atoms with Crippen molar-refractivity contribution in [1.29, 1.82) is 0 Å². The molecule has 1 unspecified atom stereocenters. The van der Waals surface area contributed by atoms with Gasteiger partial charge in [0.25, 0.3) is 0 Å². The normalized spacial score (nSPS) is 12.2. The van der Waals surface area contributed by atoms with Crippen LogP contribution in [0.15, 0.2) is 18.2 Å². The summed E-state index contributed by atoms with van der Waals surface area (Å²) in [5, 5.41) is 0. The standard InChI is InChI=1S/C9H9BrFNO2/c1-5(10)6-2-7(11)4-8(3-6)14-9(12)13/h2-5H,1H3,(H2,12,13). The first-order valence-corrected chi connectivity index (χ1v) is 4.82. The molecule has 0 aromatic heterocycles. The average Bonchev–Trinajstić information content (AvgIpc) is 2.01. The molecule has 0 saturated carbocycles. The third kappa shape index (κ3) is 2.99. The second kappa shape index (κ2) is 4.41. The topological polar surface area (TPSA) is 52.3 Å². The van der Waals surface area contributed by atoms with Gasteiger partial charge >= 0.3 is 6.09 Å². The zero-order valence-corrected chi connectivity index (χ0v) is 9.05. The third-order valence-electron chi connectivity index (χ3n) is 1.57. The van der Waals surface area contributed by atoms with Crippen LogP contribution in [0.1, 0.15) is 17.3 Å². The maximum Gasteiger partial charge on any atom is 0.409 e. The van der Waals surface area contributed by atoms with Gasteiger partial charge in [0.1, 0.15) is 11.6 Å². The highest BCUT2D eigenvalue weighted by molar-refractivity contribution is 9.09. The van der Waals surface area contributed by atoms with Crippen LogP contribution in [0.4, 0.5) is 9.18 Å². The fraction of sp³-hybridized carbons (Fsp3) is 0.222. The summed E-state index contributed by atoms with van der Waals surface area (Å²) in [6.45, 7) is 1.84. The number of carbonyl (C=O) groups is 1. The quantitative estimate of drug-likeness (QED) is 0.833. The van der Waals surface area contributed by atoms with Crippen molar-refractivity contribution in [1.82, 2.24) is 0 Å². The van der Waals surface area contributed by atoms with Crippen molar-refractivity contribution in [2.24, 2.45) is 5.73 Å². The van der Waals surface area contributed by atoms with Gasteiger partial charge in [-0.05, 0) is 24.6 Å². The summed E-state index contributed by atoms with van der Waals surface area (Å²) in [5.74, 6) is -0.358. The zero-order valence-electron chi connectivity index (χ0n) is 7.46. The lowest BCUT2D eigenvalue weighted by Crippen LogP contribution is -2.16. The summed E-state index contributed by atoms with van der Waals surface area (Å²) in [5.41, 5.74) is 5.49. The maximum absolute atomic E-state index is 13.0. The molecule has 1 rings (SSSR count). The van der Waals surface area contributed by atoms with Crippen molar-refractivity contribution in [2.45, 2.75) is 11.8 Å². The molecule has 76 valence electrons. The van der Waals surface area contributed by atoms with E-state index in [0.717, 1.165) is 6.07 Å². The highest BCUT2D eigenvalue weighted by atomic mass is 79.9. The molecule has 0 aliphatic carbocycles. The molecule has 0 aliphatic heterocycles. The van der Waals surface area contributed by atoms with Gasteiger partial charge in [0, 0.05) is 10.9 Å². The molecule has 14 heavy (non-hydrogen) atoms. The molecule has 0 fully saturated rings. The van der Waals surface area contributed by atoms with Gasteiger partial charge in [0.05, 0.1) is 0 Å². The van der Waals surface area contributed by atoms with E-state index < -0.39 is 11.9 Å². The molecule has 5 heteroatoms. The van der Waals surface area contributed by atoms with Gasteiger partial charge in [-0.25, -0.2) is 9.18 Å². The number of primary amides is 1. The first-order valence-electron chi connectivity index (χ1n) is 3.91. The molecule has 1 aromatic rings. The van der Waals surface area contributed by atoms with Crippen LogP contribution in [0, 0.1) is 5.82 Å². The van der Waals surface area contributed by atoms with Crippen LogP contribution in [0.5, 0.6) is 5.75 Å². The van der Waals surface area contributed by atoms with Crippen LogP contribution >= 0.6 is 15.9 Å². The fourth-order valence-electron chi connectivity index (χ4n) is 0.989. The Bertz CT molecular complexity index is 355. The van der Waals surface area contributed by atoms with E-state index in [0.29, 0.717) is 5.56 Å². The Balaban J connectivity index is 3.01. The van der Waals surface area contributed by atoms with Crippen LogP contribution in [-0.4, -0.2) is 6.09 Å². The number of rotatable bonds is 2. The van der Waals surface area contributed by atoms with Crippen molar-refractivity contribution in [3.63, 3.8) is 0 Å². The summed E-state index contributed by atoms with van der Waals surface area (Å²) in [6.07, 6.45) is -0.955. The second-order valence-corrected chi connectivity index (χ2v) is 4.13. The first-order chi connectivity index (χ1) is 6.49. The lowest BCUT2D eigenvalue weighted by atomic mass is 10.1. The van der Waals surface area contributed by atoms with E-state index in [-0.39, 0.29) is 10.6 Å². The molecular formula is C9H9BrFNO2. The molecule has 0 heterocycles. The van der Waals surface area contributed by atoms with Crippen LogP contribution in [-0.2, 0) is 0 Å². The first kappa shape index (κ1) is 11.0. The van der Waals surface area contributed by atoms with Crippen LogP contribution in [0.2, 0.25) is 0 Å². The van der Waals surface area contributed by atoms with Gasteiger partial charge in [-0.1, -0.05) is 15.9 Å². The van der Waals surface area contributed by atoms with Crippen LogP contribution in [0.25, 0.3) is 0 Å². The largest absolute Gasteiger partial charge is 0.410 e. The van der Waals surface area contributed by atoms with E-state index in [1.807, 2.05) is 6.92 Å². The average molecular weight is 262 g/mol. The van der Waals surface area contributed by atoms with Gasteiger partial charge in [0.15, 0.2) is 0 Å². The summed E-state index contributed by atoms with van der Waals surface area (Å²) >= 11 is 3.28. The fourth-order valence-corrected chi connectivity index (χ4v) is 1.25. The second-order valence-electron chi connectivity index (χ2n) is 2.76. The predicted molar refractivity (Wildman–Crippen MR) is 54.0 cm³/mol. The Morgan fingerprint density at radius 3 is 2.71 bits per heavy atom. The molecule has 0 spiro atoms. The number of carbonyl (C=O) groups excluding carboxylic acids is 1. The number of nitrogens with two attached hydrogens (primary N) is 1. The number of ether oxygens (including phenoxy) is 1. The summed E-state index contributed by atoms with van der Waals surface area (Å²) in [7, 11) is 0. The Morgan fingerprint density at radius 1 is 1.57 bits per heavy atom. The maximum atomic E-state index is 13.0. The predicted octanol–water partition coefficient (Wildman–Crippen LogP) is 2.74. The SMILES string of the molecule is CC(Br)c1cc(F)cc(OC(N)=O)c1. The van der Waals surface area contributed by atoms with E-state index in [1.165, 1.54) is 6.07 Å². The number of alkyl halides is 1. The van der Waals surface area contributed by atoms with Crippen LogP contribution < -0.4 is 10.5 Å². The number of amides is 1. The van der Waals surface area contributed by atoms with E-state index in [4.69, 9.17) is 5.73 Å². The van der Waals surface area contributed by atoms with Gasteiger partial charge in [-0.2, -0.15) is 0 Å². The van der Waals surface area contributed by atoms with Gasteiger partial charge in [-0.15, -0.1) is 0 Å². The van der Waals surface area contributed by atoms with E-state index >= 15 is 0 Å². The van der Waals surface area contributed by atoms with Crippen molar-refractivity contribution >= 4 is 22.0 Å². The summed E-state index contributed by atoms with van der Waals surface area (Å²) in [4.78, 5) is 10.4. The van der Waals surface area contributed by atoms with Crippen LogP contribution in [0.3, 0.4) is 0 Å². The Morgan fingerprint density at radius 2 is 2.21 bits per heavy atom. The molecule has 1 atom stereocenters. The van der Waals surface area contributed by atoms with Crippen molar-refractivity contribution in [3.8, 4) is 5.75 Å². The number of benzene rings is 1. The Hall–Kier alpha value is -1.10. The van der Waals surface area contributed by atoms with Crippen molar-refractivity contribution in [3.05, 3.63) is 29.6 Å². The molecule has 0 bridgehead atoms. The Kier molecular flexibility index (Phi) is 3.46. The minimum atomic E-state index is -0.955. The number of hydrogen-bond acceptors (Lipinski definition) is 2. The smallest absolute Gasteiger partial charge is 0.409 e. The molecule has 0 saturated heterocycles. The van der Waals surface area contributed by atoms with Crippen molar-refractivity contribution in [2.75, 3.05) is 0 Å². The van der Waals surface area contributed by atoms with Gasteiger partial charge in [0.2, 0.25) is 0 Å². The minimum absolute atomic E-state index is 0.0200. The Labute approximate surface area is 89.2 Å². The van der Waals surface area contributed by atoms with E-state index in [1.54, 1.807) is 6.07 Å². The summed E-state index contributed by atoms with van der Waals surface area (Å²) in [6, 6.07) is 4.00. The van der Waals surface area contributed by atoms with E-state index in [2.05, 4.69) is 20.7 Å². The number of halogens is 2. The molecule has 0 radical (unpaired) electrons. The number of hydrogen-bond donors (Lipinski definition) is 1. The molecular weight excluding hydrogens is 253 g/mol. The van der Waals surface area contributed by atoms with Crippen molar-refractivity contribution < 1.29 is 13.9 Å². The van der Waals surface area contributed by atoms with Gasteiger partial charge in [-0.3, -0.25) is 0 Å². The third-order valence-corrected chi connectivity index (χ3v) is 2.10. The van der Waals surface area contributed by atoms with Gasteiger partial charge < -0.3 is 10.5 Å². The molecule has 3 nitrogen and oxygen atoms in total. The monoisotopic (exact) mass is 261 g/mol. The lowest BCUT2D eigenvalue weighted by Gasteiger charge is -2.06. The zero-order chi connectivity index (χ0) is 10.7. The molecule has 1 amide bonds. The highest BCUT2D eigenvalue weighted by Gasteiger charge is 2.07. The highest BCUT2D eigenvalue weighted by Crippen LogP contribution is 2.26. The molecule has 0 aliphatic rings. The molecule has 2 N–H and O–H groups in total. The summed E-state index contributed by atoms with van der Waals surface area (Å²) < 4.78 is 17.5.